The lowest BCUT2D eigenvalue weighted by molar-refractivity contribution is -0.134. The van der Waals surface area contributed by atoms with Gasteiger partial charge in [-0.2, -0.15) is 0 Å². The minimum absolute atomic E-state index is 0.558. The number of carbonyl (C=O) groups is 2. The Morgan fingerprint density at radius 3 is 1.52 bits per heavy atom. The molecule has 0 atom stereocenters. The third-order valence-electron chi connectivity index (χ3n) is 4.50. The van der Waals surface area contributed by atoms with Crippen LogP contribution in [-0.2, 0) is 35.5 Å². The molecule has 0 amide bonds. The van der Waals surface area contributed by atoms with Crippen LogP contribution in [0.3, 0.4) is 0 Å². The Balaban J connectivity index is 0.000000279. The topological polar surface area (TPSA) is 77.8 Å². The van der Waals surface area contributed by atoms with E-state index >= 15 is 0 Å². The molecule has 0 unspecified atom stereocenters. The van der Waals surface area contributed by atoms with Crippen LogP contribution in [0.2, 0.25) is 0 Å². The van der Waals surface area contributed by atoms with Crippen molar-refractivity contribution < 1.29 is 19.8 Å². The van der Waals surface area contributed by atoms with Gasteiger partial charge >= 0.3 is 11.9 Å². The molecule has 5 heteroatoms. The fourth-order valence-electron chi connectivity index (χ4n) is 3.08. The average Bonchev–Trinajstić information content (AvgIpc) is 2.73. The van der Waals surface area contributed by atoms with Crippen molar-refractivity contribution in [2.75, 3.05) is 6.54 Å². The van der Waals surface area contributed by atoms with Crippen LogP contribution in [0.15, 0.2) is 60.7 Å². The predicted molar refractivity (Wildman–Crippen MR) is 104 cm³/mol. The molecule has 2 aromatic carbocycles. The highest BCUT2D eigenvalue weighted by atomic mass is 16.4. The van der Waals surface area contributed by atoms with Gasteiger partial charge in [-0.3, -0.25) is 4.90 Å². The van der Waals surface area contributed by atoms with E-state index in [0.717, 1.165) is 32.5 Å². The van der Waals surface area contributed by atoms with Gasteiger partial charge in [-0.25, -0.2) is 9.59 Å². The molecule has 0 spiro atoms. The zero-order valence-corrected chi connectivity index (χ0v) is 15.5. The molecule has 0 radical (unpaired) electrons. The third kappa shape index (κ3) is 6.72. The second-order valence-corrected chi connectivity index (χ2v) is 6.35. The molecule has 27 heavy (non-hydrogen) atoms. The SMILES string of the molecule is CCN1Cc2ccccc2CCc2ccccc2C1.O=C(O)/C=C\C(=O)O. The second kappa shape index (κ2) is 10.3. The highest BCUT2D eigenvalue weighted by Gasteiger charge is 2.13. The molecule has 3 rings (SSSR count). The number of hydrogen-bond acceptors (Lipinski definition) is 3. The number of fused-ring (bicyclic) bond motifs is 2. The van der Waals surface area contributed by atoms with Gasteiger partial charge in [0.2, 0.25) is 0 Å². The van der Waals surface area contributed by atoms with E-state index in [4.69, 9.17) is 10.2 Å². The van der Waals surface area contributed by atoms with E-state index in [2.05, 4.69) is 60.4 Å². The van der Waals surface area contributed by atoms with Crippen molar-refractivity contribution in [2.45, 2.75) is 32.9 Å². The van der Waals surface area contributed by atoms with Crippen LogP contribution in [0, 0.1) is 0 Å². The van der Waals surface area contributed by atoms with Crippen molar-refractivity contribution in [3.8, 4) is 0 Å². The highest BCUT2D eigenvalue weighted by molar-refractivity contribution is 5.89. The second-order valence-electron chi connectivity index (χ2n) is 6.35. The van der Waals surface area contributed by atoms with Gasteiger partial charge in [-0.1, -0.05) is 55.5 Å². The first kappa shape index (κ1) is 20.4. The number of nitrogens with zero attached hydrogens (tertiary/aromatic N) is 1. The molecule has 0 saturated carbocycles. The molecule has 1 aliphatic rings. The predicted octanol–water partition coefficient (Wildman–Crippen LogP) is 3.52. The molecular formula is C22H25NO4. The quantitative estimate of drug-likeness (QED) is 0.812. The van der Waals surface area contributed by atoms with Gasteiger partial charge in [0.05, 0.1) is 0 Å². The number of rotatable bonds is 3. The van der Waals surface area contributed by atoms with Gasteiger partial charge in [-0.15, -0.1) is 0 Å². The first-order valence-corrected chi connectivity index (χ1v) is 8.99. The monoisotopic (exact) mass is 367 g/mol. The number of aliphatic carboxylic acids is 2. The molecule has 5 nitrogen and oxygen atoms in total. The fraction of sp³-hybridized carbons (Fsp3) is 0.273. The summed E-state index contributed by atoms with van der Waals surface area (Å²) in [7, 11) is 0. The van der Waals surface area contributed by atoms with Crippen molar-refractivity contribution in [3.63, 3.8) is 0 Å². The molecule has 2 aromatic rings. The zero-order valence-electron chi connectivity index (χ0n) is 15.5. The number of hydrogen-bond donors (Lipinski definition) is 2. The minimum Gasteiger partial charge on any atom is -0.478 e. The van der Waals surface area contributed by atoms with E-state index in [9.17, 15) is 9.59 Å². The van der Waals surface area contributed by atoms with Crippen LogP contribution in [-0.4, -0.2) is 33.6 Å². The van der Waals surface area contributed by atoms with Gasteiger partial charge < -0.3 is 10.2 Å². The summed E-state index contributed by atoms with van der Waals surface area (Å²) in [5.41, 5.74) is 6.02. The zero-order chi connectivity index (χ0) is 19.6. The summed E-state index contributed by atoms with van der Waals surface area (Å²) >= 11 is 0. The Hall–Kier alpha value is -2.92. The van der Waals surface area contributed by atoms with Crippen LogP contribution in [0.25, 0.3) is 0 Å². The summed E-state index contributed by atoms with van der Waals surface area (Å²) in [4.78, 5) is 21.6. The molecule has 1 heterocycles. The fourth-order valence-corrected chi connectivity index (χ4v) is 3.08. The van der Waals surface area contributed by atoms with Crippen molar-refractivity contribution in [1.29, 1.82) is 0 Å². The molecule has 1 aliphatic heterocycles. The Bertz CT molecular complexity index is 748. The normalized spacial score (nSPS) is 14.0. The summed E-state index contributed by atoms with van der Waals surface area (Å²) < 4.78 is 0. The Morgan fingerprint density at radius 1 is 0.815 bits per heavy atom. The van der Waals surface area contributed by atoms with E-state index in [-0.39, 0.29) is 0 Å². The van der Waals surface area contributed by atoms with Gasteiger partial charge in [0.1, 0.15) is 0 Å². The Kier molecular flexibility index (Phi) is 7.77. The molecule has 2 N–H and O–H groups in total. The van der Waals surface area contributed by atoms with E-state index in [1.807, 2.05) is 0 Å². The van der Waals surface area contributed by atoms with Gasteiger partial charge in [-0.05, 0) is 41.6 Å². The minimum atomic E-state index is -1.26. The first-order valence-electron chi connectivity index (χ1n) is 8.99. The van der Waals surface area contributed by atoms with E-state index in [1.165, 1.54) is 22.3 Å². The third-order valence-corrected chi connectivity index (χ3v) is 4.50. The number of carboxylic acids is 2. The highest BCUT2D eigenvalue weighted by Crippen LogP contribution is 2.21. The van der Waals surface area contributed by atoms with Crippen LogP contribution >= 0.6 is 0 Å². The van der Waals surface area contributed by atoms with Crippen molar-refractivity contribution in [2.24, 2.45) is 0 Å². The Labute approximate surface area is 159 Å². The Morgan fingerprint density at radius 2 is 1.19 bits per heavy atom. The number of benzene rings is 2. The molecule has 0 aliphatic carbocycles. The average molecular weight is 367 g/mol. The first-order chi connectivity index (χ1) is 13.0. The van der Waals surface area contributed by atoms with E-state index in [0.29, 0.717) is 12.2 Å². The molecule has 0 bridgehead atoms. The van der Waals surface area contributed by atoms with E-state index in [1.54, 1.807) is 0 Å². The lowest BCUT2D eigenvalue weighted by atomic mass is 9.98. The summed E-state index contributed by atoms with van der Waals surface area (Å²) in [6.45, 7) is 5.49. The smallest absolute Gasteiger partial charge is 0.328 e. The lowest BCUT2D eigenvalue weighted by Crippen LogP contribution is -2.22. The number of aryl methyl sites for hydroxylation is 2. The van der Waals surface area contributed by atoms with Crippen molar-refractivity contribution >= 4 is 11.9 Å². The standard InChI is InChI=1S/C18H21N.C4H4O4/c1-2-19-13-17-9-5-3-7-15(17)11-12-16-8-4-6-10-18(16)14-19;5-3(6)1-2-4(7)8/h3-10H,2,11-14H2,1H3;1-2H,(H,5,6)(H,7,8)/b;2-1-. The van der Waals surface area contributed by atoms with Crippen LogP contribution < -0.4 is 0 Å². The summed E-state index contributed by atoms with van der Waals surface area (Å²) in [5.74, 6) is -2.51. The molecule has 0 fully saturated rings. The maximum Gasteiger partial charge on any atom is 0.328 e. The maximum atomic E-state index is 9.55. The summed E-state index contributed by atoms with van der Waals surface area (Å²) in [6.07, 6.45) is 3.43. The van der Waals surface area contributed by atoms with Crippen molar-refractivity contribution in [1.82, 2.24) is 4.90 Å². The molecule has 0 saturated heterocycles. The van der Waals surface area contributed by atoms with Crippen molar-refractivity contribution in [3.05, 3.63) is 82.9 Å². The van der Waals surface area contributed by atoms with Gasteiger partial charge in [0.15, 0.2) is 0 Å². The van der Waals surface area contributed by atoms with Gasteiger partial charge in [0, 0.05) is 25.2 Å². The van der Waals surface area contributed by atoms with Crippen LogP contribution in [0.4, 0.5) is 0 Å². The molecule has 0 aromatic heterocycles. The van der Waals surface area contributed by atoms with Gasteiger partial charge in [0.25, 0.3) is 0 Å². The maximum absolute atomic E-state index is 9.55. The van der Waals surface area contributed by atoms with Crippen LogP contribution in [0.1, 0.15) is 29.2 Å². The summed E-state index contributed by atoms with van der Waals surface area (Å²) in [6, 6.07) is 17.8. The van der Waals surface area contributed by atoms with Crippen LogP contribution in [0.5, 0.6) is 0 Å². The summed E-state index contributed by atoms with van der Waals surface area (Å²) in [5, 5.41) is 15.6. The lowest BCUT2D eigenvalue weighted by Gasteiger charge is -2.21. The largest absolute Gasteiger partial charge is 0.478 e. The van der Waals surface area contributed by atoms with E-state index < -0.39 is 11.9 Å². The number of carboxylic acid groups (broad SMARTS) is 2. The molecular weight excluding hydrogens is 342 g/mol. The molecule has 142 valence electrons.